The van der Waals surface area contributed by atoms with Crippen molar-refractivity contribution < 1.29 is 4.74 Å². The number of pyridine rings is 2. The molecule has 0 unspecified atom stereocenters. The van der Waals surface area contributed by atoms with Crippen molar-refractivity contribution in [3.8, 4) is 22.6 Å². The number of nitrogens with zero attached hydrogens (tertiary/aromatic N) is 5. The van der Waals surface area contributed by atoms with E-state index in [0.717, 1.165) is 50.4 Å². The van der Waals surface area contributed by atoms with E-state index < -0.39 is 0 Å². The van der Waals surface area contributed by atoms with Gasteiger partial charge in [0, 0.05) is 47.0 Å². The normalized spacial score (nSPS) is 16.9. The van der Waals surface area contributed by atoms with E-state index in [9.17, 15) is 0 Å². The number of H-pyrrole nitrogens is 1. The zero-order valence-electron chi connectivity index (χ0n) is 16.9. The lowest BCUT2D eigenvalue weighted by Crippen LogP contribution is -2.44. The van der Waals surface area contributed by atoms with Crippen molar-refractivity contribution in [3.63, 3.8) is 0 Å². The summed E-state index contributed by atoms with van der Waals surface area (Å²) in [4.78, 5) is 24.7. The van der Waals surface area contributed by atoms with Crippen LogP contribution >= 0.6 is 11.3 Å². The van der Waals surface area contributed by atoms with Crippen LogP contribution in [0.1, 0.15) is 6.92 Å². The molecule has 31 heavy (non-hydrogen) atoms. The molecule has 0 radical (unpaired) electrons. The molecule has 0 aromatic carbocycles. The van der Waals surface area contributed by atoms with Gasteiger partial charge in [0.15, 0.2) is 11.6 Å². The number of fused-ring (bicyclic) bond motifs is 2. The summed E-state index contributed by atoms with van der Waals surface area (Å²) in [5, 5.41) is 3.15. The number of rotatable bonds is 3. The Balaban J connectivity index is 1.63. The van der Waals surface area contributed by atoms with Gasteiger partial charge in [-0.3, -0.25) is 4.98 Å². The molecule has 1 fully saturated rings. The van der Waals surface area contributed by atoms with Gasteiger partial charge in [0.25, 0.3) is 0 Å². The van der Waals surface area contributed by atoms with Crippen LogP contribution < -0.4 is 4.90 Å². The highest BCUT2D eigenvalue weighted by molar-refractivity contribution is 7.18. The molecule has 8 heteroatoms. The second-order valence-corrected chi connectivity index (χ2v) is 8.51. The molecule has 0 amide bonds. The predicted octanol–water partition coefficient (Wildman–Crippen LogP) is 4.52. The Morgan fingerprint density at radius 2 is 2.06 bits per heavy atom. The smallest absolute Gasteiger partial charge is 0.163 e. The summed E-state index contributed by atoms with van der Waals surface area (Å²) in [5.74, 6) is 1.66. The summed E-state index contributed by atoms with van der Waals surface area (Å²) in [7, 11) is 0. The van der Waals surface area contributed by atoms with Crippen molar-refractivity contribution in [2.75, 3.05) is 24.7 Å². The summed E-state index contributed by atoms with van der Waals surface area (Å²) in [6.45, 7) is 4.37. The SMILES string of the molecule is C[C@@H]1COCCN1c1nc(-c2ccnc3[nH]ccc23)nc2c(-c3ccccn3)csc12. The number of hydrogen-bond donors (Lipinski definition) is 1. The minimum absolute atomic E-state index is 0.241. The predicted molar refractivity (Wildman–Crippen MR) is 123 cm³/mol. The molecule has 5 aromatic rings. The van der Waals surface area contributed by atoms with E-state index in [1.165, 1.54) is 0 Å². The standard InChI is InChI=1S/C23H20N6OS/c1-14-12-30-11-10-29(14)23-20-19(17(13-31-20)18-4-2-3-7-24-18)27-22(28-23)16-6-9-26-21-15(16)5-8-25-21/h2-9,13-14H,10-12H2,1H3,(H,25,26)/t14-/m1/s1. The topological polar surface area (TPSA) is 79.8 Å². The summed E-state index contributed by atoms with van der Waals surface area (Å²) < 4.78 is 6.76. The minimum atomic E-state index is 0.241. The first-order valence-corrected chi connectivity index (χ1v) is 11.1. The maximum absolute atomic E-state index is 5.68. The summed E-state index contributed by atoms with van der Waals surface area (Å²) in [6, 6.07) is 10.2. The van der Waals surface area contributed by atoms with E-state index in [2.05, 4.69) is 32.2 Å². The zero-order valence-corrected chi connectivity index (χ0v) is 17.8. The first-order valence-electron chi connectivity index (χ1n) is 10.3. The summed E-state index contributed by atoms with van der Waals surface area (Å²) in [6.07, 6.45) is 5.51. The molecule has 1 aliphatic rings. The second-order valence-electron chi connectivity index (χ2n) is 7.63. The molecule has 1 atom stereocenters. The molecule has 6 rings (SSSR count). The largest absolute Gasteiger partial charge is 0.377 e. The van der Waals surface area contributed by atoms with Gasteiger partial charge in [0.1, 0.15) is 5.65 Å². The van der Waals surface area contributed by atoms with Crippen LogP contribution in [-0.2, 0) is 4.74 Å². The number of hydrogen-bond acceptors (Lipinski definition) is 7. The van der Waals surface area contributed by atoms with E-state index in [1.807, 2.05) is 42.7 Å². The Labute approximate surface area is 182 Å². The van der Waals surface area contributed by atoms with Gasteiger partial charge in [0.2, 0.25) is 0 Å². The molecule has 1 aliphatic heterocycles. The van der Waals surface area contributed by atoms with Crippen LogP contribution in [0.3, 0.4) is 0 Å². The van der Waals surface area contributed by atoms with Crippen molar-refractivity contribution in [1.29, 1.82) is 0 Å². The lowest BCUT2D eigenvalue weighted by Gasteiger charge is -2.34. The van der Waals surface area contributed by atoms with E-state index in [0.29, 0.717) is 19.0 Å². The molecule has 154 valence electrons. The van der Waals surface area contributed by atoms with Gasteiger partial charge < -0.3 is 14.6 Å². The fourth-order valence-electron chi connectivity index (χ4n) is 4.12. The number of anilines is 1. The molecule has 7 nitrogen and oxygen atoms in total. The third kappa shape index (κ3) is 3.07. The van der Waals surface area contributed by atoms with Crippen LogP contribution in [0, 0.1) is 0 Å². The van der Waals surface area contributed by atoms with Crippen molar-refractivity contribution in [2.45, 2.75) is 13.0 Å². The van der Waals surface area contributed by atoms with Gasteiger partial charge in [-0.05, 0) is 31.2 Å². The van der Waals surface area contributed by atoms with Gasteiger partial charge in [-0.1, -0.05) is 6.07 Å². The molecule has 1 saturated heterocycles. The zero-order chi connectivity index (χ0) is 20.8. The van der Waals surface area contributed by atoms with E-state index >= 15 is 0 Å². The van der Waals surface area contributed by atoms with Crippen LogP contribution in [0.25, 0.3) is 43.9 Å². The number of nitrogens with one attached hydrogen (secondary N) is 1. The van der Waals surface area contributed by atoms with Crippen LogP contribution in [0.2, 0.25) is 0 Å². The number of aromatic nitrogens is 5. The molecule has 0 bridgehead atoms. The Morgan fingerprint density at radius 1 is 1.10 bits per heavy atom. The monoisotopic (exact) mass is 428 g/mol. The van der Waals surface area contributed by atoms with Crippen molar-refractivity contribution in [2.24, 2.45) is 0 Å². The first kappa shape index (κ1) is 18.4. The molecular formula is C23H20N6OS. The van der Waals surface area contributed by atoms with Gasteiger partial charge in [-0.2, -0.15) is 0 Å². The van der Waals surface area contributed by atoms with E-state index in [1.54, 1.807) is 17.5 Å². The minimum Gasteiger partial charge on any atom is -0.377 e. The van der Waals surface area contributed by atoms with Crippen LogP contribution in [0.4, 0.5) is 5.82 Å². The maximum Gasteiger partial charge on any atom is 0.163 e. The van der Waals surface area contributed by atoms with E-state index in [-0.39, 0.29) is 6.04 Å². The molecular weight excluding hydrogens is 408 g/mol. The fraction of sp³-hybridized carbons (Fsp3) is 0.217. The number of aromatic amines is 1. The third-order valence-corrected chi connectivity index (χ3v) is 6.64. The lowest BCUT2D eigenvalue weighted by atomic mass is 10.1. The second kappa shape index (κ2) is 7.40. The van der Waals surface area contributed by atoms with Crippen molar-refractivity contribution in [3.05, 3.63) is 54.3 Å². The summed E-state index contributed by atoms with van der Waals surface area (Å²) in [5.41, 5.74) is 4.68. The molecule has 0 aliphatic carbocycles. The highest BCUT2D eigenvalue weighted by atomic mass is 32.1. The Kier molecular flexibility index (Phi) is 4.40. The van der Waals surface area contributed by atoms with Crippen LogP contribution in [0.5, 0.6) is 0 Å². The quantitative estimate of drug-likeness (QED) is 0.455. The average molecular weight is 429 g/mol. The number of ether oxygens (including phenoxy) is 1. The third-order valence-electron chi connectivity index (χ3n) is 5.68. The maximum atomic E-state index is 5.68. The number of thiophene rings is 1. The molecule has 6 heterocycles. The molecule has 1 N–H and O–H groups in total. The molecule has 5 aromatic heterocycles. The highest BCUT2D eigenvalue weighted by Gasteiger charge is 2.26. The van der Waals surface area contributed by atoms with Gasteiger partial charge in [-0.25, -0.2) is 15.0 Å². The van der Waals surface area contributed by atoms with Gasteiger partial charge in [0.05, 0.1) is 35.2 Å². The van der Waals surface area contributed by atoms with Crippen molar-refractivity contribution in [1.82, 2.24) is 24.9 Å². The lowest BCUT2D eigenvalue weighted by molar-refractivity contribution is 0.0987. The Bertz CT molecular complexity index is 1380. The van der Waals surface area contributed by atoms with Gasteiger partial charge in [-0.15, -0.1) is 11.3 Å². The van der Waals surface area contributed by atoms with Gasteiger partial charge >= 0.3 is 0 Å². The molecule has 0 saturated carbocycles. The van der Waals surface area contributed by atoms with Crippen LogP contribution in [0.15, 0.2) is 54.3 Å². The van der Waals surface area contributed by atoms with Crippen LogP contribution in [-0.4, -0.2) is 50.7 Å². The van der Waals surface area contributed by atoms with E-state index in [4.69, 9.17) is 14.7 Å². The first-order chi connectivity index (χ1) is 15.3. The fourth-order valence-corrected chi connectivity index (χ4v) is 5.12. The average Bonchev–Trinajstić information content (AvgIpc) is 3.46. The number of morpholine rings is 1. The highest BCUT2D eigenvalue weighted by Crippen LogP contribution is 2.39. The van der Waals surface area contributed by atoms with Crippen molar-refractivity contribution >= 4 is 38.4 Å². The Hall–Kier alpha value is -3.36. The Morgan fingerprint density at radius 3 is 2.94 bits per heavy atom. The summed E-state index contributed by atoms with van der Waals surface area (Å²) >= 11 is 1.67. The molecule has 0 spiro atoms.